The van der Waals surface area contributed by atoms with Gasteiger partial charge in [0.2, 0.25) is 0 Å². The van der Waals surface area contributed by atoms with E-state index < -0.39 is 33.6 Å². The number of hydrogen-bond acceptors (Lipinski definition) is 9. The van der Waals surface area contributed by atoms with Crippen molar-refractivity contribution in [2.75, 3.05) is 44.6 Å². The first-order valence-electron chi connectivity index (χ1n) is 22.4. The maximum absolute atomic E-state index is 15.6. The lowest BCUT2D eigenvalue weighted by Gasteiger charge is -2.46. The standard InChI is InChI=1S/C49H60FN7O6S/c1-32(2)24-36-29-56(30-43(36)58)46(59)53-41-26-37(50)25-39(33(41)3)44-40-27-42(57(45(40)52-31-51-44)64(61,62)38-10-8-7-9-11-38)35-14-12-34(13-15-35)28-54-20-16-49(17-21-54)18-22-55(23-19-49)47(60)63-48(4,5)6/h7-15,25-27,31-32,36,43,58H,16-24,28-30H2,1-6H3,(H,53,59). The van der Waals surface area contributed by atoms with Gasteiger partial charge in [0.25, 0.3) is 10.0 Å². The van der Waals surface area contributed by atoms with Gasteiger partial charge in [-0.3, -0.25) is 4.90 Å². The van der Waals surface area contributed by atoms with Crippen LogP contribution in [0.25, 0.3) is 33.5 Å². The smallest absolute Gasteiger partial charge is 0.410 e. The molecule has 3 aliphatic rings. The molecule has 2 unspecified atom stereocenters. The van der Waals surface area contributed by atoms with Crippen molar-refractivity contribution in [3.8, 4) is 22.5 Å². The van der Waals surface area contributed by atoms with Gasteiger partial charge in [0.15, 0.2) is 5.65 Å². The zero-order valence-corrected chi connectivity index (χ0v) is 38.5. The third-order valence-corrected chi connectivity index (χ3v) is 14.9. The van der Waals surface area contributed by atoms with Crippen molar-refractivity contribution in [3.05, 3.63) is 96.1 Å². The van der Waals surface area contributed by atoms with Crippen LogP contribution in [0.3, 0.4) is 0 Å². The van der Waals surface area contributed by atoms with Crippen molar-refractivity contribution in [3.63, 3.8) is 0 Å². The molecule has 5 heterocycles. The summed E-state index contributed by atoms with van der Waals surface area (Å²) in [6.45, 7) is 16.2. The van der Waals surface area contributed by atoms with Crippen LogP contribution in [0.2, 0.25) is 0 Å². The largest absolute Gasteiger partial charge is 0.444 e. The molecule has 0 aliphatic carbocycles. The van der Waals surface area contributed by atoms with Gasteiger partial charge in [-0.1, -0.05) is 56.3 Å². The Morgan fingerprint density at radius 2 is 1.59 bits per heavy atom. The molecule has 64 heavy (non-hydrogen) atoms. The van der Waals surface area contributed by atoms with E-state index in [9.17, 15) is 23.1 Å². The fourth-order valence-electron chi connectivity index (χ4n) is 9.67. The van der Waals surface area contributed by atoms with Gasteiger partial charge >= 0.3 is 12.1 Å². The molecule has 3 amide bonds. The van der Waals surface area contributed by atoms with Crippen molar-refractivity contribution in [1.29, 1.82) is 0 Å². The van der Waals surface area contributed by atoms with E-state index in [1.165, 1.54) is 22.4 Å². The van der Waals surface area contributed by atoms with E-state index in [1.807, 2.05) is 49.9 Å². The van der Waals surface area contributed by atoms with Gasteiger partial charge in [-0.05, 0) is 131 Å². The second-order valence-electron chi connectivity index (χ2n) is 19.4. The van der Waals surface area contributed by atoms with E-state index >= 15 is 4.39 Å². The van der Waals surface area contributed by atoms with Crippen LogP contribution >= 0.6 is 0 Å². The SMILES string of the molecule is Cc1c(NC(=O)N2CC(O)C(CC(C)C)C2)cc(F)cc1-c1ncnc2c1cc(-c1ccc(CN3CCC4(CC3)CCN(C(=O)OC(C)(C)C)CC4)cc1)n2S(=O)(=O)c1ccccc1. The highest BCUT2D eigenvalue weighted by atomic mass is 32.2. The second-order valence-corrected chi connectivity index (χ2v) is 21.2. The number of amides is 3. The molecule has 13 nitrogen and oxygen atoms in total. The normalized spacial score (nSPS) is 19.5. The van der Waals surface area contributed by atoms with Crippen molar-refractivity contribution in [1.82, 2.24) is 28.6 Å². The summed E-state index contributed by atoms with van der Waals surface area (Å²) in [6, 6.07) is 20.0. The second kappa shape index (κ2) is 17.9. The number of likely N-dealkylation sites (tertiary alicyclic amines) is 3. The summed E-state index contributed by atoms with van der Waals surface area (Å²) in [6.07, 6.45) is 5.26. The summed E-state index contributed by atoms with van der Waals surface area (Å²) in [5.41, 5.74) is 3.42. The lowest BCUT2D eigenvalue weighted by Crippen LogP contribution is -2.49. The monoisotopic (exact) mass is 893 g/mol. The number of aliphatic hydroxyl groups is 1. The van der Waals surface area contributed by atoms with Crippen LogP contribution in [0, 0.1) is 30.0 Å². The van der Waals surface area contributed by atoms with E-state index in [2.05, 4.69) is 34.0 Å². The Morgan fingerprint density at radius 1 is 0.922 bits per heavy atom. The number of carbonyl (C=O) groups excluding carboxylic acids is 2. The quantitative estimate of drug-likeness (QED) is 0.148. The number of β-amino-alcohol motifs (C(OH)–C–C–N with tert-alkyl or cyclic N) is 1. The predicted octanol–water partition coefficient (Wildman–Crippen LogP) is 8.93. The number of carbonyl (C=O) groups is 2. The maximum Gasteiger partial charge on any atom is 0.410 e. The van der Waals surface area contributed by atoms with E-state index in [4.69, 9.17) is 4.74 Å². The number of anilines is 1. The van der Waals surface area contributed by atoms with Gasteiger partial charge < -0.3 is 25.0 Å². The molecule has 8 rings (SSSR count). The average molecular weight is 894 g/mol. The fraction of sp³-hybridized carbons (Fsp3) is 0.469. The van der Waals surface area contributed by atoms with E-state index in [1.54, 1.807) is 48.2 Å². The molecule has 0 saturated carbocycles. The number of hydrogen-bond donors (Lipinski definition) is 2. The first kappa shape index (κ1) is 45.2. The highest BCUT2D eigenvalue weighted by molar-refractivity contribution is 7.90. The van der Waals surface area contributed by atoms with E-state index in [0.717, 1.165) is 57.3 Å². The summed E-state index contributed by atoms with van der Waals surface area (Å²) < 4.78 is 51.6. The molecular weight excluding hydrogens is 834 g/mol. The Kier molecular flexibility index (Phi) is 12.6. The van der Waals surface area contributed by atoms with E-state index in [0.29, 0.717) is 59.0 Å². The number of urea groups is 1. The minimum Gasteiger partial charge on any atom is -0.444 e. The molecule has 2 N–H and O–H groups in total. The number of piperidine rings is 2. The number of nitrogens with zero attached hydrogens (tertiary/aromatic N) is 6. The van der Waals surface area contributed by atoms with Gasteiger partial charge in [0.1, 0.15) is 17.7 Å². The highest BCUT2D eigenvalue weighted by Crippen LogP contribution is 2.42. The molecule has 2 aromatic heterocycles. The van der Waals surface area contributed by atoms with Gasteiger partial charge in [-0.15, -0.1) is 0 Å². The van der Waals surface area contributed by atoms with Crippen LogP contribution in [0.4, 0.5) is 19.7 Å². The Hall–Kier alpha value is -5.38. The minimum atomic E-state index is -4.20. The molecule has 3 saturated heterocycles. The van der Waals surface area contributed by atoms with E-state index in [-0.39, 0.29) is 40.2 Å². The van der Waals surface area contributed by atoms with Gasteiger partial charge in [0.05, 0.1) is 22.4 Å². The summed E-state index contributed by atoms with van der Waals surface area (Å²) >= 11 is 0. The summed E-state index contributed by atoms with van der Waals surface area (Å²) in [7, 11) is -4.20. The molecular formula is C49H60FN7O6S. The van der Waals surface area contributed by atoms with Gasteiger partial charge in [0, 0.05) is 55.3 Å². The Balaban J connectivity index is 1.05. The number of fused-ring (bicyclic) bond motifs is 1. The van der Waals surface area contributed by atoms with Crippen molar-refractivity contribution in [2.24, 2.45) is 17.3 Å². The number of ether oxygens (including phenoxy) is 1. The van der Waals surface area contributed by atoms with Crippen LogP contribution in [0.1, 0.15) is 77.8 Å². The first-order valence-corrected chi connectivity index (χ1v) is 23.8. The van der Waals surface area contributed by atoms with Gasteiger partial charge in [-0.25, -0.2) is 36.3 Å². The fourth-order valence-corrected chi connectivity index (χ4v) is 11.2. The molecule has 0 radical (unpaired) electrons. The van der Waals surface area contributed by atoms with Crippen molar-refractivity contribution in [2.45, 2.75) is 96.8 Å². The lowest BCUT2D eigenvalue weighted by molar-refractivity contribution is -0.00313. The molecule has 15 heteroatoms. The minimum absolute atomic E-state index is 0.0438. The van der Waals surface area contributed by atoms with Crippen molar-refractivity contribution >= 4 is 38.9 Å². The van der Waals surface area contributed by atoms with Crippen LogP contribution in [0.5, 0.6) is 0 Å². The number of nitrogens with one attached hydrogen (secondary N) is 1. The predicted molar refractivity (Wildman–Crippen MR) is 246 cm³/mol. The van der Waals surface area contributed by atoms with Crippen LogP contribution in [0.15, 0.2) is 84.0 Å². The Bertz CT molecular complexity index is 2610. The van der Waals surface area contributed by atoms with Crippen LogP contribution in [-0.2, 0) is 21.3 Å². The Morgan fingerprint density at radius 3 is 2.25 bits per heavy atom. The Labute approximate surface area is 375 Å². The lowest BCUT2D eigenvalue weighted by atomic mass is 9.71. The number of aliphatic hydroxyl groups excluding tert-OH is 1. The van der Waals surface area contributed by atoms with Crippen molar-refractivity contribution < 1.29 is 32.2 Å². The third-order valence-electron chi connectivity index (χ3n) is 13.2. The molecule has 3 aromatic carbocycles. The van der Waals surface area contributed by atoms with Gasteiger partial charge in [-0.2, -0.15) is 0 Å². The molecule has 3 aliphatic heterocycles. The molecule has 3 fully saturated rings. The number of rotatable bonds is 9. The zero-order valence-electron chi connectivity index (χ0n) is 37.7. The number of halogens is 1. The number of benzene rings is 3. The zero-order chi connectivity index (χ0) is 45.6. The highest BCUT2D eigenvalue weighted by Gasteiger charge is 2.40. The van der Waals surface area contributed by atoms with Crippen LogP contribution < -0.4 is 5.32 Å². The maximum atomic E-state index is 15.6. The topological polar surface area (TPSA) is 150 Å². The third kappa shape index (κ3) is 9.52. The molecule has 5 aromatic rings. The molecule has 340 valence electrons. The molecule has 0 bridgehead atoms. The number of aromatic nitrogens is 3. The average Bonchev–Trinajstić information content (AvgIpc) is 3.84. The first-order chi connectivity index (χ1) is 30.4. The summed E-state index contributed by atoms with van der Waals surface area (Å²) in [4.78, 5) is 41.2. The molecule has 2 atom stereocenters. The van der Waals surface area contributed by atoms with Crippen LogP contribution in [-0.4, -0.2) is 105 Å². The summed E-state index contributed by atoms with van der Waals surface area (Å²) in [5, 5.41) is 13.9. The molecule has 1 spiro atoms. The summed E-state index contributed by atoms with van der Waals surface area (Å²) in [5.74, 6) is -0.291.